The van der Waals surface area contributed by atoms with E-state index in [-0.39, 0.29) is 0 Å². The van der Waals surface area contributed by atoms with Crippen molar-refractivity contribution in [2.24, 2.45) is 22.7 Å². The van der Waals surface area contributed by atoms with Gasteiger partial charge in [-0.05, 0) is 56.3 Å². The summed E-state index contributed by atoms with van der Waals surface area (Å²) in [6.45, 7) is 3.68. The molecule has 29 heavy (non-hydrogen) atoms. The summed E-state index contributed by atoms with van der Waals surface area (Å²) in [5, 5.41) is 0. The fraction of sp³-hybridized carbons (Fsp3) is 0.962. The predicted octanol–water partition coefficient (Wildman–Crippen LogP) is 6.23. The van der Waals surface area contributed by atoms with E-state index >= 15 is 0 Å². The van der Waals surface area contributed by atoms with Gasteiger partial charge in [0.05, 0.1) is 18.6 Å². The van der Waals surface area contributed by atoms with Gasteiger partial charge in [0, 0.05) is 13.1 Å². The standard InChI is InChI=1S/C26H45N3/c1-4-11-21(12-5-1)13-10-18-28-25(23-16-8-3-9-17-23)20-29-24(19-27-26(28)29)22-14-6-2-7-15-22/h21-25H,1-20H2/t24-,25-/m1/s1. The third-order valence-corrected chi connectivity index (χ3v) is 9.24. The van der Waals surface area contributed by atoms with E-state index in [1.807, 2.05) is 0 Å². The van der Waals surface area contributed by atoms with Crippen LogP contribution >= 0.6 is 0 Å². The van der Waals surface area contributed by atoms with Gasteiger partial charge in [0.25, 0.3) is 0 Å². The summed E-state index contributed by atoms with van der Waals surface area (Å²) < 4.78 is 0. The van der Waals surface area contributed by atoms with Gasteiger partial charge in [-0.1, -0.05) is 70.6 Å². The Morgan fingerprint density at radius 1 is 0.690 bits per heavy atom. The van der Waals surface area contributed by atoms with Gasteiger partial charge in [0.15, 0.2) is 5.96 Å². The van der Waals surface area contributed by atoms with Gasteiger partial charge in [0.2, 0.25) is 0 Å². The van der Waals surface area contributed by atoms with E-state index in [0.29, 0.717) is 0 Å². The van der Waals surface area contributed by atoms with Crippen LogP contribution in [0.4, 0.5) is 0 Å². The van der Waals surface area contributed by atoms with Crippen molar-refractivity contribution >= 4 is 5.96 Å². The Hall–Kier alpha value is -0.730. The summed E-state index contributed by atoms with van der Waals surface area (Å²) in [5.41, 5.74) is 0. The average molecular weight is 400 g/mol. The van der Waals surface area contributed by atoms with Gasteiger partial charge in [-0.25, -0.2) is 0 Å². The third-order valence-electron chi connectivity index (χ3n) is 9.24. The van der Waals surface area contributed by atoms with Crippen LogP contribution in [0.2, 0.25) is 0 Å². The second-order valence-corrected chi connectivity index (χ2v) is 11.1. The molecule has 3 aliphatic carbocycles. The number of fused-ring (bicyclic) bond motifs is 1. The lowest BCUT2D eigenvalue weighted by Gasteiger charge is -2.34. The maximum Gasteiger partial charge on any atom is 0.197 e. The van der Waals surface area contributed by atoms with Crippen molar-refractivity contribution in [1.29, 1.82) is 0 Å². The molecule has 2 aliphatic heterocycles. The summed E-state index contributed by atoms with van der Waals surface area (Å²) in [7, 11) is 0. The summed E-state index contributed by atoms with van der Waals surface area (Å²) in [5.74, 6) is 4.30. The minimum absolute atomic E-state index is 0.736. The molecule has 5 aliphatic rings. The molecule has 2 heterocycles. The van der Waals surface area contributed by atoms with Crippen LogP contribution in [0.15, 0.2) is 4.99 Å². The van der Waals surface area contributed by atoms with Crippen molar-refractivity contribution in [2.45, 2.75) is 121 Å². The zero-order valence-electron chi connectivity index (χ0n) is 18.9. The van der Waals surface area contributed by atoms with Crippen molar-refractivity contribution in [3.05, 3.63) is 0 Å². The largest absolute Gasteiger partial charge is 0.338 e. The Balaban J connectivity index is 1.24. The van der Waals surface area contributed by atoms with E-state index in [0.717, 1.165) is 36.4 Å². The van der Waals surface area contributed by atoms with Crippen molar-refractivity contribution in [3.8, 4) is 0 Å². The molecule has 164 valence electrons. The maximum atomic E-state index is 5.21. The van der Waals surface area contributed by atoms with Crippen LogP contribution in [0.5, 0.6) is 0 Å². The Morgan fingerprint density at radius 3 is 1.93 bits per heavy atom. The quantitative estimate of drug-likeness (QED) is 0.527. The van der Waals surface area contributed by atoms with Crippen molar-refractivity contribution in [2.75, 3.05) is 19.6 Å². The minimum Gasteiger partial charge on any atom is -0.338 e. The first-order valence-corrected chi connectivity index (χ1v) is 13.5. The van der Waals surface area contributed by atoms with Crippen LogP contribution in [-0.2, 0) is 0 Å². The molecule has 0 amide bonds. The third kappa shape index (κ3) is 4.49. The van der Waals surface area contributed by atoms with Gasteiger partial charge in [-0.15, -0.1) is 0 Å². The highest BCUT2D eigenvalue weighted by molar-refractivity contribution is 5.84. The van der Waals surface area contributed by atoms with E-state index in [1.165, 1.54) is 128 Å². The summed E-state index contributed by atoms with van der Waals surface area (Å²) in [6, 6.07) is 1.51. The summed E-state index contributed by atoms with van der Waals surface area (Å²) >= 11 is 0. The molecule has 0 spiro atoms. The second-order valence-electron chi connectivity index (χ2n) is 11.1. The molecule has 0 aromatic rings. The van der Waals surface area contributed by atoms with Crippen LogP contribution in [0.1, 0.15) is 109 Å². The van der Waals surface area contributed by atoms with Crippen LogP contribution in [0, 0.1) is 17.8 Å². The van der Waals surface area contributed by atoms with Crippen molar-refractivity contribution in [3.63, 3.8) is 0 Å². The van der Waals surface area contributed by atoms with Crippen LogP contribution in [0.25, 0.3) is 0 Å². The summed E-state index contributed by atoms with van der Waals surface area (Å²) in [6.07, 6.45) is 25.0. The molecule has 5 rings (SSSR count). The predicted molar refractivity (Wildman–Crippen MR) is 122 cm³/mol. The molecule has 0 bridgehead atoms. The minimum atomic E-state index is 0.736. The molecule has 0 N–H and O–H groups in total. The lowest BCUT2D eigenvalue weighted by molar-refractivity contribution is 0.171. The smallest absolute Gasteiger partial charge is 0.197 e. The first kappa shape index (κ1) is 20.2. The van der Waals surface area contributed by atoms with Crippen LogP contribution in [-0.4, -0.2) is 47.5 Å². The van der Waals surface area contributed by atoms with Gasteiger partial charge in [0.1, 0.15) is 0 Å². The molecule has 3 saturated carbocycles. The molecular formula is C26H45N3. The number of hydrogen-bond donors (Lipinski definition) is 0. The molecule has 1 saturated heterocycles. The van der Waals surface area contributed by atoms with Gasteiger partial charge in [-0.2, -0.15) is 0 Å². The molecule has 0 radical (unpaired) electrons. The van der Waals surface area contributed by atoms with E-state index in [1.54, 1.807) is 0 Å². The van der Waals surface area contributed by atoms with E-state index in [9.17, 15) is 0 Å². The highest BCUT2D eigenvalue weighted by Crippen LogP contribution is 2.39. The zero-order valence-corrected chi connectivity index (χ0v) is 18.9. The van der Waals surface area contributed by atoms with Crippen molar-refractivity contribution < 1.29 is 0 Å². The monoisotopic (exact) mass is 399 g/mol. The normalized spacial score (nSPS) is 32.6. The maximum absolute atomic E-state index is 5.21. The Labute approximate surface area is 179 Å². The first-order chi connectivity index (χ1) is 14.4. The number of guanidine groups is 1. The lowest BCUT2D eigenvalue weighted by Crippen LogP contribution is -2.41. The summed E-state index contributed by atoms with van der Waals surface area (Å²) in [4.78, 5) is 10.9. The molecule has 0 aromatic carbocycles. The molecule has 2 atom stereocenters. The average Bonchev–Trinajstić information content (AvgIpc) is 3.36. The lowest BCUT2D eigenvalue weighted by atomic mass is 9.82. The van der Waals surface area contributed by atoms with Crippen molar-refractivity contribution in [1.82, 2.24) is 9.80 Å². The molecule has 3 nitrogen and oxygen atoms in total. The number of nitrogens with zero attached hydrogens (tertiary/aromatic N) is 3. The molecule has 3 heteroatoms. The molecular weight excluding hydrogens is 354 g/mol. The zero-order chi connectivity index (χ0) is 19.5. The van der Waals surface area contributed by atoms with Gasteiger partial charge in [-0.3, -0.25) is 4.99 Å². The van der Waals surface area contributed by atoms with Crippen LogP contribution in [0.3, 0.4) is 0 Å². The number of rotatable bonds is 6. The van der Waals surface area contributed by atoms with Gasteiger partial charge < -0.3 is 9.80 Å². The Kier molecular flexibility index (Phi) is 6.68. The Morgan fingerprint density at radius 2 is 1.28 bits per heavy atom. The van der Waals surface area contributed by atoms with Crippen LogP contribution < -0.4 is 0 Å². The number of hydrogen-bond acceptors (Lipinski definition) is 3. The number of aliphatic imine (C=N–C) groups is 1. The Bertz CT molecular complexity index is 540. The first-order valence-electron chi connectivity index (χ1n) is 13.5. The highest BCUT2D eigenvalue weighted by atomic mass is 15.5. The molecule has 0 unspecified atom stereocenters. The molecule has 0 aromatic heterocycles. The second kappa shape index (κ2) is 9.60. The fourth-order valence-corrected chi connectivity index (χ4v) is 7.57. The molecule has 4 fully saturated rings. The van der Waals surface area contributed by atoms with Gasteiger partial charge >= 0.3 is 0 Å². The fourth-order valence-electron chi connectivity index (χ4n) is 7.57. The van der Waals surface area contributed by atoms with E-state index in [4.69, 9.17) is 4.99 Å². The van der Waals surface area contributed by atoms with E-state index in [2.05, 4.69) is 9.80 Å². The topological polar surface area (TPSA) is 18.8 Å². The van der Waals surface area contributed by atoms with E-state index < -0.39 is 0 Å². The SMILES string of the molecule is C1CCC(CCCN2C3=NC[C@H](C4CCCCC4)N3C[C@@H]2C2CCCCC2)CC1. The highest BCUT2D eigenvalue weighted by Gasteiger charge is 2.46.